The molecule has 1 heterocycles. The van der Waals surface area contributed by atoms with Gasteiger partial charge in [-0.15, -0.1) is 11.3 Å². The molecule has 0 saturated carbocycles. The van der Waals surface area contributed by atoms with Gasteiger partial charge in [0.15, 0.2) is 0 Å². The highest BCUT2D eigenvalue weighted by molar-refractivity contribution is 7.19. The minimum Gasteiger partial charge on any atom is -0.397 e. The van der Waals surface area contributed by atoms with E-state index in [2.05, 4.69) is 12.2 Å². The number of nitrogens with zero attached hydrogens (tertiary/aromatic N) is 1. The minimum absolute atomic E-state index is 0.162. The molecule has 19 heavy (non-hydrogen) atoms. The van der Waals surface area contributed by atoms with Crippen LogP contribution in [0.3, 0.4) is 0 Å². The highest BCUT2D eigenvalue weighted by atomic mass is 32.1. The van der Waals surface area contributed by atoms with Crippen LogP contribution < -0.4 is 21.7 Å². The maximum absolute atomic E-state index is 11.9. The van der Waals surface area contributed by atoms with Crippen LogP contribution >= 0.6 is 11.3 Å². The molecule has 0 aromatic carbocycles. The molecule has 0 aliphatic carbocycles. The van der Waals surface area contributed by atoms with Crippen LogP contribution in [0.1, 0.15) is 39.8 Å². The van der Waals surface area contributed by atoms with E-state index in [1.165, 1.54) is 7.05 Å². The molecule has 0 radical (unpaired) electrons. The molecular weight excluding hydrogens is 264 g/mol. The summed E-state index contributed by atoms with van der Waals surface area (Å²) in [5, 5.41) is 3.21. The standard InChI is InChI=1S/C12H20N4O2S/c1-4-5-6-16(3)12-7(11(18)15-2)8(13)9(19-12)10(14)17/h4-6,13H2,1-3H3,(H2,14,17)(H,15,18). The summed E-state index contributed by atoms with van der Waals surface area (Å²) in [4.78, 5) is 25.4. The normalized spacial score (nSPS) is 10.3. The SMILES string of the molecule is CCCCN(C)c1sc(C(N)=O)c(N)c1C(=O)NC. The molecule has 5 N–H and O–H groups in total. The van der Waals surface area contributed by atoms with Crippen molar-refractivity contribution >= 4 is 33.8 Å². The highest BCUT2D eigenvalue weighted by Gasteiger charge is 2.25. The van der Waals surface area contributed by atoms with Gasteiger partial charge in [0.05, 0.1) is 11.3 Å². The molecule has 0 atom stereocenters. The van der Waals surface area contributed by atoms with Crippen LogP contribution in [0.15, 0.2) is 0 Å². The van der Waals surface area contributed by atoms with Crippen molar-refractivity contribution in [1.82, 2.24) is 5.32 Å². The van der Waals surface area contributed by atoms with Crippen molar-refractivity contribution in [3.05, 3.63) is 10.4 Å². The number of carbonyl (C=O) groups excluding carboxylic acids is 2. The van der Waals surface area contributed by atoms with Gasteiger partial charge in [-0.25, -0.2) is 0 Å². The second kappa shape index (κ2) is 6.42. The Morgan fingerprint density at radius 2 is 2.05 bits per heavy atom. The maximum atomic E-state index is 11.9. The van der Waals surface area contributed by atoms with Crippen LogP contribution in [0, 0.1) is 0 Å². The first-order chi connectivity index (χ1) is 8.93. The number of carbonyl (C=O) groups is 2. The summed E-state index contributed by atoms with van der Waals surface area (Å²) in [6.07, 6.45) is 2.04. The highest BCUT2D eigenvalue weighted by Crippen LogP contribution is 2.37. The summed E-state index contributed by atoms with van der Waals surface area (Å²) in [6, 6.07) is 0. The van der Waals surface area contributed by atoms with Crippen molar-refractivity contribution in [2.24, 2.45) is 5.73 Å². The fraction of sp³-hybridized carbons (Fsp3) is 0.500. The molecule has 1 rings (SSSR count). The van der Waals surface area contributed by atoms with E-state index in [1.54, 1.807) is 0 Å². The zero-order valence-electron chi connectivity index (χ0n) is 11.4. The van der Waals surface area contributed by atoms with Gasteiger partial charge in [0.25, 0.3) is 11.8 Å². The van der Waals surface area contributed by atoms with Crippen LogP contribution in [-0.2, 0) is 0 Å². The van der Waals surface area contributed by atoms with E-state index in [4.69, 9.17) is 11.5 Å². The first-order valence-electron chi connectivity index (χ1n) is 6.09. The van der Waals surface area contributed by atoms with Crippen molar-refractivity contribution in [3.8, 4) is 0 Å². The van der Waals surface area contributed by atoms with Gasteiger partial charge in [0.1, 0.15) is 9.88 Å². The number of primary amides is 1. The largest absolute Gasteiger partial charge is 0.397 e. The van der Waals surface area contributed by atoms with Crippen molar-refractivity contribution in [2.75, 3.05) is 31.3 Å². The van der Waals surface area contributed by atoms with Gasteiger partial charge in [-0.3, -0.25) is 9.59 Å². The lowest BCUT2D eigenvalue weighted by Gasteiger charge is -2.18. The quantitative estimate of drug-likeness (QED) is 0.726. The molecule has 0 spiro atoms. The third-order valence-corrected chi connectivity index (χ3v) is 4.13. The van der Waals surface area contributed by atoms with Gasteiger partial charge < -0.3 is 21.7 Å². The average Bonchev–Trinajstić information content (AvgIpc) is 2.73. The molecule has 1 aromatic rings. The summed E-state index contributed by atoms with van der Waals surface area (Å²) in [6.45, 7) is 2.88. The van der Waals surface area contributed by atoms with Gasteiger partial charge >= 0.3 is 0 Å². The van der Waals surface area contributed by atoms with Gasteiger partial charge in [0.2, 0.25) is 0 Å². The lowest BCUT2D eigenvalue weighted by atomic mass is 10.2. The molecule has 0 saturated heterocycles. The van der Waals surface area contributed by atoms with Crippen molar-refractivity contribution in [3.63, 3.8) is 0 Å². The zero-order chi connectivity index (χ0) is 14.6. The number of hydrogen-bond acceptors (Lipinski definition) is 5. The van der Waals surface area contributed by atoms with E-state index < -0.39 is 5.91 Å². The molecule has 0 aliphatic rings. The molecule has 0 unspecified atom stereocenters. The summed E-state index contributed by atoms with van der Waals surface area (Å²) in [5.74, 6) is -0.914. The summed E-state index contributed by atoms with van der Waals surface area (Å²) >= 11 is 1.16. The molecule has 6 nitrogen and oxygen atoms in total. The smallest absolute Gasteiger partial charge is 0.260 e. The fourth-order valence-corrected chi connectivity index (χ4v) is 2.78. The average molecular weight is 284 g/mol. The van der Waals surface area contributed by atoms with Crippen LogP contribution in [-0.4, -0.2) is 32.5 Å². The Morgan fingerprint density at radius 1 is 1.42 bits per heavy atom. The summed E-state index contributed by atoms with van der Waals surface area (Å²) in [5.41, 5.74) is 11.6. The van der Waals surface area contributed by atoms with Crippen LogP contribution in [0.4, 0.5) is 10.7 Å². The molecular formula is C12H20N4O2S. The third kappa shape index (κ3) is 3.17. The van der Waals surface area contributed by atoms with E-state index >= 15 is 0 Å². The minimum atomic E-state index is -0.609. The molecule has 0 bridgehead atoms. The second-order valence-electron chi connectivity index (χ2n) is 4.24. The number of amides is 2. The maximum Gasteiger partial charge on any atom is 0.260 e. The van der Waals surface area contributed by atoms with Gasteiger partial charge in [0, 0.05) is 20.6 Å². The van der Waals surface area contributed by atoms with Gasteiger partial charge in [-0.05, 0) is 6.42 Å². The topological polar surface area (TPSA) is 101 Å². The molecule has 1 aromatic heterocycles. The Kier molecular flexibility index (Phi) is 5.17. The Morgan fingerprint density at radius 3 is 2.53 bits per heavy atom. The van der Waals surface area contributed by atoms with E-state index in [0.29, 0.717) is 10.6 Å². The molecule has 0 aliphatic heterocycles. The van der Waals surface area contributed by atoms with Crippen LogP contribution in [0.2, 0.25) is 0 Å². The van der Waals surface area contributed by atoms with E-state index in [0.717, 1.165) is 30.7 Å². The number of nitrogens with two attached hydrogens (primary N) is 2. The summed E-state index contributed by atoms with van der Waals surface area (Å²) in [7, 11) is 3.40. The monoisotopic (exact) mass is 284 g/mol. The molecule has 2 amide bonds. The zero-order valence-corrected chi connectivity index (χ0v) is 12.3. The van der Waals surface area contributed by atoms with Crippen LogP contribution in [0.5, 0.6) is 0 Å². The predicted octanol–water partition coefficient (Wildman–Crippen LogP) is 1.03. The lowest BCUT2D eigenvalue weighted by molar-refractivity contribution is 0.0964. The third-order valence-electron chi connectivity index (χ3n) is 2.80. The van der Waals surface area contributed by atoms with Crippen molar-refractivity contribution in [2.45, 2.75) is 19.8 Å². The number of nitrogen functional groups attached to an aromatic ring is 1. The molecule has 0 fully saturated rings. The molecule has 106 valence electrons. The lowest BCUT2D eigenvalue weighted by Crippen LogP contribution is -2.24. The number of anilines is 2. The first kappa shape index (κ1) is 15.3. The van der Waals surface area contributed by atoms with E-state index in [1.807, 2.05) is 11.9 Å². The Hall–Kier alpha value is -1.76. The first-order valence-corrected chi connectivity index (χ1v) is 6.90. The van der Waals surface area contributed by atoms with Crippen molar-refractivity contribution < 1.29 is 9.59 Å². The van der Waals surface area contributed by atoms with Gasteiger partial charge in [-0.1, -0.05) is 13.3 Å². The van der Waals surface area contributed by atoms with Gasteiger partial charge in [-0.2, -0.15) is 0 Å². The number of hydrogen-bond donors (Lipinski definition) is 3. The Bertz CT molecular complexity index is 484. The number of rotatable bonds is 6. The number of nitrogens with one attached hydrogen (secondary N) is 1. The fourth-order valence-electron chi connectivity index (χ4n) is 1.72. The Balaban J connectivity index is 3.24. The van der Waals surface area contributed by atoms with E-state index in [-0.39, 0.29) is 16.5 Å². The van der Waals surface area contributed by atoms with E-state index in [9.17, 15) is 9.59 Å². The second-order valence-corrected chi connectivity index (χ2v) is 5.24. The number of unbranched alkanes of at least 4 members (excludes halogenated alkanes) is 1. The molecule has 7 heteroatoms. The number of thiophene rings is 1. The predicted molar refractivity (Wildman–Crippen MR) is 78.8 cm³/mol. The van der Waals surface area contributed by atoms with Crippen molar-refractivity contribution in [1.29, 1.82) is 0 Å². The van der Waals surface area contributed by atoms with Crippen LogP contribution in [0.25, 0.3) is 0 Å². The Labute approximate surface area is 116 Å². The summed E-state index contributed by atoms with van der Waals surface area (Å²) < 4.78 is 0.